The predicted octanol–water partition coefficient (Wildman–Crippen LogP) is 2.33. The number of aliphatic carboxylic acids is 1. The molecule has 8 heteroatoms. The molecule has 1 aliphatic rings. The van der Waals surface area contributed by atoms with Gasteiger partial charge in [0.25, 0.3) is 0 Å². The number of pyridine rings is 1. The first-order valence-corrected chi connectivity index (χ1v) is 6.56. The molecular formula is C12H14ClN3O4. The van der Waals surface area contributed by atoms with Crippen molar-refractivity contribution in [2.75, 3.05) is 18.0 Å². The average Bonchev–Trinajstić information content (AvgIpc) is 2.84. The maximum absolute atomic E-state index is 11.4. The van der Waals surface area contributed by atoms with Crippen molar-refractivity contribution in [1.82, 2.24) is 4.98 Å². The lowest BCUT2D eigenvalue weighted by atomic mass is 9.84. The Morgan fingerprint density at radius 3 is 2.90 bits per heavy atom. The van der Waals surface area contributed by atoms with E-state index in [9.17, 15) is 20.0 Å². The average molecular weight is 300 g/mol. The number of hydrogen-bond acceptors (Lipinski definition) is 5. The summed E-state index contributed by atoms with van der Waals surface area (Å²) in [5.41, 5.74) is -1.07. The van der Waals surface area contributed by atoms with Crippen molar-refractivity contribution >= 4 is 29.1 Å². The summed E-state index contributed by atoms with van der Waals surface area (Å²) < 4.78 is 0. The molecule has 0 radical (unpaired) electrons. The lowest BCUT2D eigenvalue weighted by molar-refractivity contribution is -0.384. The standard InChI is InChI=1S/C12H14ClN3O4/c1-2-12(11(17)18)3-4-15(7-12)10-9(16(19)20)5-8(13)6-14-10/h5-6H,2-4,7H2,1H3,(H,17,18). The molecule has 0 bridgehead atoms. The highest BCUT2D eigenvalue weighted by Crippen LogP contribution is 2.39. The molecule has 2 heterocycles. The third kappa shape index (κ3) is 2.40. The molecule has 0 saturated carbocycles. The second kappa shape index (κ2) is 5.24. The Balaban J connectivity index is 2.35. The summed E-state index contributed by atoms with van der Waals surface area (Å²) in [7, 11) is 0. The number of halogens is 1. The highest BCUT2D eigenvalue weighted by molar-refractivity contribution is 6.30. The van der Waals surface area contributed by atoms with Gasteiger partial charge in [0.1, 0.15) is 0 Å². The lowest BCUT2D eigenvalue weighted by Crippen LogP contribution is -2.34. The van der Waals surface area contributed by atoms with Crippen molar-refractivity contribution < 1.29 is 14.8 Å². The normalized spacial score (nSPS) is 22.0. The van der Waals surface area contributed by atoms with Gasteiger partial charge in [0.2, 0.25) is 5.82 Å². The van der Waals surface area contributed by atoms with Gasteiger partial charge >= 0.3 is 11.7 Å². The first-order valence-electron chi connectivity index (χ1n) is 6.18. The summed E-state index contributed by atoms with van der Waals surface area (Å²) in [6.07, 6.45) is 2.25. The summed E-state index contributed by atoms with van der Waals surface area (Å²) in [6, 6.07) is 1.23. The van der Waals surface area contributed by atoms with Gasteiger partial charge in [0, 0.05) is 25.4 Å². The van der Waals surface area contributed by atoms with Gasteiger partial charge < -0.3 is 10.0 Å². The Hall–Kier alpha value is -1.89. The summed E-state index contributed by atoms with van der Waals surface area (Å²) in [5.74, 6) is -0.699. The molecule has 108 valence electrons. The van der Waals surface area contributed by atoms with Crippen LogP contribution in [0.15, 0.2) is 12.3 Å². The minimum Gasteiger partial charge on any atom is -0.481 e. The largest absolute Gasteiger partial charge is 0.481 e. The fraction of sp³-hybridized carbons (Fsp3) is 0.500. The van der Waals surface area contributed by atoms with Crippen molar-refractivity contribution in [1.29, 1.82) is 0 Å². The van der Waals surface area contributed by atoms with Gasteiger partial charge in [-0.25, -0.2) is 4.98 Å². The summed E-state index contributed by atoms with van der Waals surface area (Å²) in [4.78, 5) is 27.6. The van der Waals surface area contributed by atoms with Crippen molar-refractivity contribution in [3.63, 3.8) is 0 Å². The number of carboxylic acid groups (broad SMARTS) is 1. The first kappa shape index (κ1) is 14.5. The minimum atomic E-state index is -0.876. The molecule has 1 saturated heterocycles. The number of carbonyl (C=O) groups is 1. The maximum atomic E-state index is 11.4. The minimum absolute atomic E-state index is 0.177. The smallest absolute Gasteiger partial charge is 0.313 e. The molecule has 20 heavy (non-hydrogen) atoms. The molecule has 0 amide bonds. The summed E-state index contributed by atoms with van der Waals surface area (Å²) in [5, 5.41) is 20.6. The Morgan fingerprint density at radius 2 is 2.40 bits per heavy atom. The summed E-state index contributed by atoms with van der Waals surface area (Å²) in [6.45, 7) is 2.45. The second-order valence-electron chi connectivity index (χ2n) is 4.86. The van der Waals surface area contributed by atoms with E-state index in [0.29, 0.717) is 19.4 Å². The number of carboxylic acids is 1. The van der Waals surface area contributed by atoms with E-state index in [-0.39, 0.29) is 23.1 Å². The van der Waals surface area contributed by atoms with Crippen LogP contribution < -0.4 is 4.90 Å². The van der Waals surface area contributed by atoms with Gasteiger partial charge in [-0.1, -0.05) is 18.5 Å². The number of nitrogens with zero attached hydrogens (tertiary/aromatic N) is 3. The van der Waals surface area contributed by atoms with Gasteiger partial charge in [0.05, 0.1) is 15.4 Å². The predicted molar refractivity (Wildman–Crippen MR) is 73.1 cm³/mol. The van der Waals surface area contributed by atoms with Gasteiger partial charge in [-0.3, -0.25) is 14.9 Å². The third-order valence-corrected chi connectivity index (χ3v) is 4.00. The fourth-order valence-electron chi connectivity index (χ4n) is 2.47. The number of hydrogen-bond donors (Lipinski definition) is 1. The quantitative estimate of drug-likeness (QED) is 0.677. The molecule has 1 aromatic heterocycles. The van der Waals surface area contributed by atoms with Crippen LogP contribution in [0.1, 0.15) is 19.8 Å². The van der Waals surface area contributed by atoms with E-state index in [1.165, 1.54) is 12.3 Å². The Bertz CT molecular complexity index is 566. The van der Waals surface area contributed by atoms with E-state index in [1.54, 1.807) is 11.8 Å². The number of aromatic nitrogens is 1. The van der Waals surface area contributed by atoms with Gasteiger partial charge in [-0.2, -0.15) is 0 Å². The molecule has 0 spiro atoms. The van der Waals surface area contributed by atoms with E-state index in [4.69, 9.17) is 11.6 Å². The van der Waals surface area contributed by atoms with Crippen LogP contribution in [0.25, 0.3) is 0 Å². The second-order valence-corrected chi connectivity index (χ2v) is 5.30. The van der Waals surface area contributed by atoms with E-state index in [1.807, 2.05) is 0 Å². The molecule has 1 atom stereocenters. The molecule has 1 aliphatic heterocycles. The zero-order chi connectivity index (χ0) is 14.9. The monoisotopic (exact) mass is 299 g/mol. The van der Waals surface area contributed by atoms with Crippen molar-refractivity contribution in [2.24, 2.45) is 5.41 Å². The van der Waals surface area contributed by atoms with Crippen molar-refractivity contribution in [3.8, 4) is 0 Å². The molecule has 7 nitrogen and oxygen atoms in total. The highest BCUT2D eigenvalue weighted by Gasteiger charge is 2.45. The van der Waals surface area contributed by atoms with Gasteiger partial charge in [-0.05, 0) is 12.8 Å². The Kier molecular flexibility index (Phi) is 3.80. The van der Waals surface area contributed by atoms with Crippen LogP contribution in [0.2, 0.25) is 5.02 Å². The maximum Gasteiger partial charge on any atom is 0.313 e. The molecule has 0 aliphatic carbocycles. The summed E-state index contributed by atoms with van der Waals surface area (Å²) >= 11 is 5.72. The van der Waals surface area contributed by atoms with Crippen molar-refractivity contribution in [3.05, 3.63) is 27.4 Å². The molecule has 1 fully saturated rings. The van der Waals surface area contributed by atoms with E-state index >= 15 is 0 Å². The van der Waals surface area contributed by atoms with Crippen LogP contribution in [0.5, 0.6) is 0 Å². The molecule has 1 N–H and O–H groups in total. The van der Waals surface area contributed by atoms with Gasteiger partial charge in [0.15, 0.2) is 0 Å². The zero-order valence-electron chi connectivity index (χ0n) is 10.9. The Morgan fingerprint density at radius 1 is 1.70 bits per heavy atom. The lowest BCUT2D eigenvalue weighted by Gasteiger charge is -2.23. The van der Waals surface area contributed by atoms with E-state index in [2.05, 4.69) is 4.98 Å². The number of rotatable bonds is 4. The van der Waals surface area contributed by atoms with Crippen LogP contribution in [0, 0.1) is 15.5 Å². The molecule has 1 aromatic rings. The Labute approximate surface area is 120 Å². The SMILES string of the molecule is CCC1(C(=O)O)CCN(c2ncc(Cl)cc2[N+](=O)[O-])C1. The first-order chi connectivity index (χ1) is 9.39. The molecule has 2 rings (SSSR count). The topological polar surface area (TPSA) is 96.6 Å². The fourth-order valence-corrected chi connectivity index (χ4v) is 2.62. The molecule has 1 unspecified atom stereocenters. The third-order valence-electron chi connectivity index (χ3n) is 3.79. The van der Waals surface area contributed by atoms with Crippen LogP contribution in [0.4, 0.5) is 11.5 Å². The van der Waals surface area contributed by atoms with Crippen molar-refractivity contribution in [2.45, 2.75) is 19.8 Å². The molecular weight excluding hydrogens is 286 g/mol. The van der Waals surface area contributed by atoms with Crippen LogP contribution in [-0.2, 0) is 4.79 Å². The van der Waals surface area contributed by atoms with Crippen LogP contribution >= 0.6 is 11.6 Å². The number of anilines is 1. The van der Waals surface area contributed by atoms with E-state index in [0.717, 1.165) is 0 Å². The van der Waals surface area contributed by atoms with Crippen LogP contribution in [0.3, 0.4) is 0 Å². The highest BCUT2D eigenvalue weighted by atomic mass is 35.5. The van der Waals surface area contributed by atoms with Gasteiger partial charge in [-0.15, -0.1) is 0 Å². The number of nitro groups is 1. The van der Waals surface area contributed by atoms with E-state index < -0.39 is 16.3 Å². The molecule has 0 aromatic carbocycles. The van der Waals surface area contributed by atoms with Crippen LogP contribution in [-0.4, -0.2) is 34.1 Å². The zero-order valence-corrected chi connectivity index (χ0v) is 11.6.